The number of ether oxygens (including phenoxy) is 3. The summed E-state index contributed by atoms with van der Waals surface area (Å²) >= 11 is 0. The summed E-state index contributed by atoms with van der Waals surface area (Å²) in [6.07, 6.45) is -2.09. The largest absolute Gasteiger partial charge is 0.443 e. The molecule has 0 aromatic heterocycles. The van der Waals surface area contributed by atoms with Gasteiger partial charge >= 0.3 is 12.1 Å². The van der Waals surface area contributed by atoms with Crippen molar-refractivity contribution in [3.8, 4) is 0 Å². The van der Waals surface area contributed by atoms with Crippen LogP contribution in [-0.2, 0) is 35.2 Å². The minimum absolute atomic E-state index is 0.107. The molecule has 1 aliphatic heterocycles. The number of imide groups is 1. The van der Waals surface area contributed by atoms with Gasteiger partial charge in [-0.15, -0.1) is 0 Å². The average Bonchev–Trinajstić information content (AvgIpc) is 3.09. The SMILES string of the molecule is CC(C)[C@H](N)C(=O)N(C(=O)OC(C)(C)C)[C@@H](C)C(=O)NC1CC(=O)OC1OCc1ccccc1. The monoisotopic (exact) mass is 477 g/mol. The molecule has 0 aliphatic carbocycles. The number of esters is 1. The molecule has 2 rings (SSSR count). The fourth-order valence-corrected chi connectivity index (χ4v) is 3.17. The first-order chi connectivity index (χ1) is 15.8. The van der Waals surface area contributed by atoms with E-state index in [1.165, 1.54) is 6.92 Å². The number of carbonyl (C=O) groups excluding carboxylic acids is 4. The molecule has 0 radical (unpaired) electrons. The van der Waals surface area contributed by atoms with Crippen molar-refractivity contribution in [2.75, 3.05) is 0 Å². The van der Waals surface area contributed by atoms with E-state index in [9.17, 15) is 19.2 Å². The number of nitrogens with zero attached hydrogens (tertiary/aromatic N) is 1. The summed E-state index contributed by atoms with van der Waals surface area (Å²) in [4.78, 5) is 51.5. The summed E-state index contributed by atoms with van der Waals surface area (Å²) in [6.45, 7) is 9.98. The topological polar surface area (TPSA) is 137 Å². The molecule has 10 nitrogen and oxygen atoms in total. The molecule has 188 valence electrons. The van der Waals surface area contributed by atoms with E-state index < -0.39 is 53.9 Å². The first kappa shape index (κ1) is 27.3. The van der Waals surface area contributed by atoms with Gasteiger partial charge < -0.3 is 25.3 Å². The van der Waals surface area contributed by atoms with Crippen LogP contribution in [0.3, 0.4) is 0 Å². The number of nitrogens with two attached hydrogens (primary N) is 1. The highest BCUT2D eigenvalue weighted by atomic mass is 16.7. The van der Waals surface area contributed by atoms with Gasteiger partial charge in [0.25, 0.3) is 0 Å². The second-order valence-corrected chi connectivity index (χ2v) is 9.61. The molecule has 3 N–H and O–H groups in total. The minimum Gasteiger partial charge on any atom is -0.443 e. The molecular formula is C24H35N3O7. The molecular weight excluding hydrogens is 442 g/mol. The molecule has 1 aromatic carbocycles. The van der Waals surface area contributed by atoms with Crippen molar-refractivity contribution in [2.45, 2.75) is 84.6 Å². The number of benzene rings is 1. The minimum atomic E-state index is -1.25. The molecule has 4 atom stereocenters. The molecule has 0 bridgehead atoms. The Bertz CT molecular complexity index is 882. The maximum Gasteiger partial charge on any atom is 0.417 e. The van der Waals surface area contributed by atoms with Gasteiger partial charge in [-0.1, -0.05) is 44.2 Å². The third-order valence-electron chi connectivity index (χ3n) is 5.15. The van der Waals surface area contributed by atoms with E-state index in [0.717, 1.165) is 10.5 Å². The standard InChI is InChI=1S/C24H35N3O7/c1-14(2)19(25)21(30)27(23(31)34-24(4,5)6)15(3)20(29)26-17-12-18(28)33-22(17)32-13-16-10-8-7-9-11-16/h7-11,14-15,17,19,22H,12-13,25H2,1-6H3,(H,26,29)/t15-,17?,19-,22?/m0/s1. The molecule has 2 unspecified atom stereocenters. The highest BCUT2D eigenvalue weighted by molar-refractivity contribution is 6.00. The molecule has 1 aromatic rings. The Kier molecular flexibility index (Phi) is 9.17. The van der Waals surface area contributed by atoms with Crippen LogP contribution in [0.25, 0.3) is 0 Å². The second-order valence-electron chi connectivity index (χ2n) is 9.61. The van der Waals surface area contributed by atoms with E-state index >= 15 is 0 Å². The zero-order valence-electron chi connectivity index (χ0n) is 20.6. The number of hydrogen-bond acceptors (Lipinski definition) is 8. The van der Waals surface area contributed by atoms with E-state index in [1.807, 2.05) is 30.3 Å². The second kappa shape index (κ2) is 11.4. The lowest BCUT2D eigenvalue weighted by Crippen LogP contribution is -2.58. The van der Waals surface area contributed by atoms with Crippen molar-refractivity contribution >= 4 is 23.9 Å². The van der Waals surface area contributed by atoms with E-state index in [0.29, 0.717) is 0 Å². The number of cyclic esters (lactones) is 1. The van der Waals surface area contributed by atoms with Gasteiger partial charge in [0.1, 0.15) is 17.7 Å². The van der Waals surface area contributed by atoms with Crippen LogP contribution in [0.5, 0.6) is 0 Å². The lowest BCUT2D eigenvalue weighted by Gasteiger charge is -2.32. The number of rotatable bonds is 8. The summed E-state index contributed by atoms with van der Waals surface area (Å²) in [7, 11) is 0. The highest BCUT2D eigenvalue weighted by Gasteiger charge is 2.41. The Morgan fingerprint density at radius 1 is 1.18 bits per heavy atom. The number of amides is 3. The van der Waals surface area contributed by atoms with Crippen molar-refractivity contribution < 1.29 is 33.4 Å². The third-order valence-corrected chi connectivity index (χ3v) is 5.15. The average molecular weight is 478 g/mol. The number of hydrogen-bond donors (Lipinski definition) is 2. The van der Waals surface area contributed by atoms with Gasteiger partial charge in [-0.2, -0.15) is 0 Å². The predicted molar refractivity (Wildman–Crippen MR) is 123 cm³/mol. The Balaban J connectivity index is 2.14. The van der Waals surface area contributed by atoms with Gasteiger partial charge in [-0.3, -0.25) is 14.4 Å². The lowest BCUT2D eigenvalue weighted by atomic mass is 10.0. The van der Waals surface area contributed by atoms with Crippen molar-refractivity contribution in [1.29, 1.82) is 0 Å². The molecule has 34 heavy (non-hydrogen) atoms. The maximum atomic E-state index is 13.1. The van der Waals surface area contributed by atoms with Crippen molar-refractivity contribution in [3.05, 3.63) is 35.9 Å². The highest BCUT2D eigenvalue weighted by Crippen LogP contribution is 2.20. The molecule has 1 heterocycles. The van der Waals surface area contributed by atoms with Crippen molar-refractivity contribution in [1.82, 2.24) is 10.2 Å². The maximum absolute atomic E-state index is 13.1. The van der Waals surface area contributed by atoms with Gasteiger partial charge in [0.2, 0.25) is 18.1 Å². The van der Waals surface area contributed by atoms with Crippen LogP contribution in [0, 0.1) is 5.92 Å². The molecule has 1 aliphatic rings. The van der Waals surface area contributed by atoms with E-state index in [4.69, 9.17) is 19.9 Å². The molecule has 0 saturated carbocycles. The first-order valence-electron chi connectivity index (χ1n) is 11.3. The predicted octanol–water partition coefficient (Wildman–Crippen LogP) is 2.10. The summed E-state index contributed by atoms with van der Waals surface area (Å²) in [6, 6.07) is 6.23. The van der Waals surface area contributed by atoms with Gasteiger partial charge in [0, 0.05) is 0 Å². The van der Waals surface area contributed by atoms with Gasteiger partial charge in [-0.25, -0.2) is 9.69 Å². The smallest absolute Gasteiger partial charge is 0.417 e. The van der Waals surface area contributed by atoms with Gasteiger partial charge in [-0.05, 0) is 39.2 Å². The van der Waals surface area contributed by atoms with Crippen LogP contribution in [0.15, 0.2) is 30.3 Å². The molecule has 1 saturated heterocycles. The van der Waals surface area contributed by atoms with Crippen LogP contribution in [0.2, 0.25) is 0 Å². The Morgan fingerprint density at radius 3 is 2.35 bits per heavy atom. The third kappa shape index (κ3) is 7.53. The number of carbonyl (C=O) groups is 4. The Morgan fingerprint density at radius 2 is 1.79 bits per heavy atom. The van der Waals surface area contributed by atoms with E-state index in [-0.39, 0.29) is 18.9 Å². The zero-order valence-corrected chi connectivity index (χ0v) is 20.6. The Hall–Kier alpha value is -2.98. The summed E-state index contributed by atoms with van der Waals surface area (Å²) in [5.41, 5.74) is 5.96. The molecule has 0 spiro atoms. The van der Waals surface area contributed by atoms with Crippen LogP contribution >= 0.6 is 0 Å². The van der Waals surface area contributed by atoms with Gasteiger partial charge in [0.15, 0.2) is 0 Å². The van der Waals surface area contributed by atoms with Crippen LogP contribution in [0.4, 0.5) is 4.79 Å². The Labute approximate surface area is 200 Å². The summed E-state index contributed by atoms with van der Waals surface area (Å²) in [5, 5.41) is 2.66. The first-order valence-corrected chi connectivity index (χ1v) is 11.3. The summed E-state index contributed by atoms with van der Waals surface area (Å²) in [5.74, 6) is -2.21. The fourth-order valence-electron chi connectivity index (χ4n) is 3.17. The lowest BCUT2D eigenvalue weighted by molar-refractivity contribution is -0.168. The quantitative estimate of drug-likeness (QED) is 0.543. The normalized spacial score (nSPS) is 19.8. The fraction of sp³-hybridized carbons (Fsp3) is 0.583. The molecule has 1 fully saturated rings. The van der Waals surface area contributed by atoms with E-state index in [2.05, 4.69) is 5.32 Å². The zero-order chi connectivity index (χ0) is 25.6. The van der Waals surface area contributed by atoms with Crippen molar-refractivity contribution in [3.63, 3.8) is 0 Å². The van der Waals surface area contributed by atoms with Crippen LogP contribution < -0.4 is 11.1 Å². The molecule has 10 heteroatoms. The van der Waals surface area contributed by atoms with Crippen LogP contribution in [0.1, 0.15) is 53.5 Å². The molecule has 3 amide bonds. The number of nitrogens with one attached hydrogen (secondary N) is 1. The summed E-state index contributed by atoms with van der Waals surface area (Å²) < 4.78 is 16.2. The van der Waals surface area contributed by atoms with Crippen molar-refractivity contribution in [2.24, 2.45) is 11.7 Å². The van der Waals surface area contributed by atoms with Gasteiger partial charge in [0.05, 0.1) is 19.1 Å². The van der Waals surface area contributed by atoms with E-state index in [1.54, 1.807) is 34.6 Å². The van der Waals surface area contributed by atoms with Crippen LogP contribution in [-0.4, -0.2) is 58.8 Å².